The summed E-state index contributed by atoms with van der Waals surface area (Å²) in [6, 6.07) is 9.14. The van der Waals surface area contributed by atoms with Gasteiger partial charge in [0.25, 0.3) is 0 Å². The quantitative estimate of drug-likeness (QED) is 0.742. The second-order valence-electron chi connectivity index (χ2n) is 2.52. The van der Waals surface area contributed by atoms with E-state index in [9.17, 15) is 9.00 Å². The highest BCUT2D eigenvalue weighted by Crippen LogP contribution is 2.04. The molecule has 14 heavy (non-hydrogen) atoms. The van der Waals surface area contributed by atoms with Crippen LogP contribution in [0.15, 0.2) is 30.3 Å². The molecule has 0 bridgehead atoms. The van der Waals surface area contributed by atoms with E-state index < -0.39 is 17.0 Å². The number of halogens is 1. The molecule has 1 atom stereocenters. The molecule has 1 aromatic carbocycles. The van der Waals surface area contributed by atoms with Gasteiger partial charge in [0.15, 0.2) is 0 Å². The summed E-state index contributed by atoms with van der Waals surface area (Å²) in [4.78, 5) is 10.7. The molecule has 0 aromatic heterocycles. The van der Waals surface area contributed by atoms with Crippen molar-refractivity contribution in [2.45, 2.75) is 5.75 Å². The average Bonchev–Trinajstić information content (AvgIpc) is 2.19. The van der Waals surface area contributed by atoms with Crippen LogP contribution in [0.3, 0.4) is 0 Å². The Labute approximate surface area is 89.7 Å². The van der Waals surface area contributed by atoms with Crippen molar-refractivity contribution in [3.05, 3.63) is 35.9 Å². The molecule has 0 aliphatic heterocycles. The SMILES string of the molecule is O=C(CCl)OS(=O)Cc1ccccc1. The van der Waals surface area contributed by atoms with Crippen LogP contribution in [0.25, 0.3) is 0 Å². The molecular formula is C9H9ClO3S. The smallest absolute Gasteiger partial charge is 0.334 e. The third kappa shape index (κ3) is 3.89. The van der Waals surface area contributed by atoms with Crippen LogP contribution < -0.4 is 0 Å². The predicted octanol–water partition coefficient (Wildman–Crippen LogP) is 1.63. The fourth-order valence-electron chi connectivity index (χ4n) is 0.866. The molecule has 0 saturated carbocycles. The Hall–Kier alpha value is -0.870. The lowest BCUT2D eigenvalue weighted by molar-refractivity contribution is -0.130. The average molecular weight is 233 g/mol. The first-order valence-corrected chi connectivity index (χ1v) is 5.69. The van der Waals surface area contributed by atoms with Gasteiger partial charge in [-0.25, -0.2) is 9.00 Å². The van der Waals surface area contributed by atoms with E-state index in [1.54, 1.807) is 0 Å². The fourth-order valence-corrected chi connectivity index (χ4v) is 1.77. The first-order chi connectivity index (χ1) is 6.72. The minimum Gasteiger partial charge on any atom is -0.363 e. The summed E-state index contributed by atoms with van der Waals surface area (Å²) in [5, 5.41) is 0. The van der Waals surface area contributed by atoms with Crippen molar-refractivity contribution < 1.29 is 13.2 Å². The van der Waals surface area contributed by atoms with Gasteiger partial charge < -0.3 is 4.18 Å². The van der Waals surface area contributed by atoms with E-state index >= 15 is 0 Å². The Balaban J connectivity index is 2.46. The zero-order chi connectivity index (χ0) is 10.4. The van der Waals surface area contributed by atoms with Crippen molar-refractivity contribution in [3.8, 4) is 0 Å². The van der Waals surface area contributed by atoms with Gasteiger partial charge in [-0.3, -0.25) is 0 Å². The van der Waals surface area contributed by atoms with Gasteiger partial charge in [-0.05, 0) is 5.56 Å². The monoisotopic (exact) mass is 232 g/mol. The normalized spacial score (nSPS) is 12.1. The number of hydrogen-bond donors (Lipinski definition) is 0. The Bertz CT molecular complexity index is 326. The Morgan fingerprint density at radius 3 is 2.57 bits per heavy atom. The number of rotatable bonds is 4. The zero-order valence-electron chi connectivity index (χ0n) is 7.31. The van der Waals surface area contributed by atoms with Crippen molar-refractivity contribution in [2.24, 2.45) is 0 Å². The van der Waals surface area contributed by atoms with Gasteiger partial charge in [0, 0.05) is 0 Å². The Kier molecular flexibility index (Phi) is 4.62. The van der Waals surface area contributed by atoms with Crippen LogP contribution in [0.4, 0.5) is 0 Å². The van der Waals surface area contributed by atoms with E-state index in [1.807, 2.05) is 30.3 Å². The lowest BCUT2D eigenvalue weighted by Crippen LogP contribution is -2.09. The van der Waals surface area contributed by atoms with Crippen molar-refractivity contribution in [1.82, 2.24) is 0 Å². The van der Waals surface area contributed by atoms with E-state index in [0.717, 1.165) is 5.56 Å². The molecule has 76 valence electrons. The molecule has 0 N–H and O–H groups in total. The predicted molar refractivity (Wildman–Crippen MR) is 55.1 cm³/mol. The highest BCUT2D eigenvalue weighted by molar-refractivity contribution is 7.79. The Morgan fingerprint density at radius 1 is 1.36 bits per heavy atom. The summed E-state index contributed by atoms with van der Waals surface area (Å²) in [5.41, 5.74) is 0.855. The Morgan fingerprint density at radius 2 is 2.00 bits per heavy atom. The van der Waals surface area contributed by atoms with Gasteiger partial charge in [-0.1, -0.05) is 30.3 Å². The molecule has 0 saturated heterocycles. The van der Waals surface area contributed by atoms with E-state index in [0.29, 0.717) is 0 Å². The lowest BCUT2D eigenvalue weighted by atomic mass is 10.2. The molecule has 0 amide bonds. The summed E-state index contributed by atoms with van der Waals surface area (Å²) in [6.45, 7) is 0. The second kappa shape index (κ2) is 5.78. The molecule has 0 fully saturated rings. The van der Waals surface area contributed by atoms with Gasteiger partial charge >= 0.3 is 5.97 Å². The van der Waals surface area contributed by atoms with Crippen LogP contribution in [0, 0.1) is 0 Å². The first kappa shape index (κ1) is 11.2. The summed E-state index contributed by atoms with van der Waals surface area (Å²) >= 11 is 3.56. The number of carbonyl (C=O) groups excluding carboxylic acids is 1. The molecule has 0 radical (unpaired) electrons. The van der Waals surface area contributed by atoms with Gasteiger partial charge in [0.1, 0.15) is 5.88 Å². The number of carbonyl (C=O) groups is 1. The maximum absolute atomic E-state index is 11.2. The molecule has 5 heteroatoms. The molecule has 1 rings (SSSR count). The number of alkyl halides is 1. The minimum absolute atomic E-state index is 0.198. The summed E-state index contributed by atoms with van der Waals surface area (Å²) in [7, 11) is 0. The summed E-state index contributed by atoms with van der Waals surface area (Å²) < 4.78 is 15.7. The van der Waals surface area contributed by atoms with Crippen LogP contribution >= 0.6 is 11.6 Å². The third-order valence-electron chi connectivity index (χ3n) is 1.42. The standard InChI is InChI=1S/C9H9ClO3S/c10-6-9(11)13-14(12)7-8-4-2-1-3-5-8/h1-5H,6-7H2. The van der Waals surface area contributed by atoms with Crippen LogP contribution in [0.1, 0.15) is 5.56 Å². The summed E-state index contributed by atoms with van der Waals surface area (Å²) in [5.74, 6) is -0.745. The van der Waals surface area contributed by atoms with E-state index in [2.05, 4.69) is 4.18 Å². The molecule has 0 spiro atoms. The van der Waals surface area contributed by atoms with E-state index in [-0.39, 0.29) is 11.6 Å². The largest absolute Gasteiger partial charge is 0.363 e. The number of benzene rings is 1. The number of hydrogen-bond acceptors (Lipinski definition) is 3. The zero-order valence-corrected chi connectivity index (χ0v) is 8.88. The maximum atomic E-state index is 11.2. The third-order valence-corrected chi connectivity index (χ3v) is 2.58. The minimum atomic E-state index is -1.63. The lowest BCUT2D eigenvalue weighted by Gasteiger charge is -2.01. The first-order valence-electron chi connectivity index (χ1n) is 3.92. The molecule has 1 aromatic rings. The van der Waals surface area contributed by atoms with Crippen molar-refractivity contribution in [1.29, 1.82) is 0 Å². The topological polar surface area (TPSA) is 43.4 Å². The second-order valence-corrected chi connectivity index (χ2v) is 3.85. The maximum Gasteiger partial charge on any atom is 0.334 e. The highest BCUT2D eigenvalue weighted by Gasteiger charge is 2.07. The van der Waals surface area contributed by atoms with Crippen LogP contribution in [0.5, 0.6) is 0 Å². The van der Waals surface area contributed by atoms with Gasteiger partial charge in [-0.15, -0.1) is 11.6 Å². The molecule has 3 nitrogen and oxygen atoms in total. The highest BCUT2D eigenvalue weighted by atomic mass is 35.5. The fraction of sp³-hybridized carbons (Fsp3) is 0.222. The van der Waals surface area contributed by atoms with Gasteiger partial charge in [0.05, 0.1) is 5.75 Å². The summed E-state index contributed by atoms with van der Waals surface area (Å²) in [6.07, 6.45) is 0. The molecule has 1 unspecified atom stereocenters. The van der Waals surface area contributed by atoms with Crippen LogP contribution in [0.2, 0.25) is 0 Å². The van der Waals surface area contributed by atoms with Gasteiger partial charge in [-0.2, -0.15) is 0 Å². The molecular weight excluding hydrogens is 224 g/mol. The van der Waals surface area contributed by atoms with E-state index in [4.69, 9.17) is 11.6 Å². The van der Waals surface area contributed by atoms with Crippen molar-refractivity contribution >= 4 is 28.7 Å². The van der Waals surface area contributed by atoms with Crippen molar-refractivity contribution in [2.75, 3.05) is 5.88 Å². The van der Waals surface area contributed by atoms with Crippen molar-refractivity contribution in [3.63, 3.8) is 0 Å². The molecule has 0 aliphatic carbocycles. The molecule has 0 aliphatic rings. The molecule has 0 heterocycles. The van der Waals surface area contributed by atoms with E-state index in [1.165, 1.54) is 0 Å². The van der Waals surface area contributed by atoms with Crippen LogP contribution in [-0.2, 0) is 25.8 Å². The van der Waals surface area contributed by atoms with Gasteiger partial charge in [0.2, 0.25) is 11.1 Å². The van der Waals surface area contributed by atoms with Crippen LogP contribution in [-0.4, -0.2) is 16.1 Å².